The number of hydrogen-bond acceptors (Lipinski definition) is 4. The monoisotopic (exact) mass is 288 g/mol. The van der Waals surface area contributed by atoms with Gasteiger partial charge in [0.15, 0.2) is 5.65 Å². The van der Waals surface area contributed by atoms with Crippen molar-refractivity contribution < 1.29 is 4.74 Å². The van der Waals surface area contributed by atoms with Gasteiger partial charge in [0.05, 0.1) is 7.11 Å². The van der Waals surface area contributed by atoms with Crippen molar-refractivity contribution in [2.75, 3.05) is 12.8 Å². The summed E-state index contributed by atoms with van der Waals surface area (Å²) in [6.45, 7) is 1.96. The average Bonchev–Trinajstić information content (AvgIpc) is 2.81. The molecule has 0 unspecified atom stereocenters. The number of nitrogens with zero attached hydrogens (tertiary/aromatic N) is 3. The Morgan fingerprint density at radius 3 is 2.75 bits per heavy atom. The Morgan fingerprint density at radius 1 is 1.20 bits per heavy atom. The molecule has 0 saturated heterocycles. The summed E-state index contributed by atoms with van der Waals surface area (Å²) in [5, 5.41) is 4.84. The molecule has 0 aliphatic carbocycles. The molecule has 102 valence electrons. The fourth-order valence-corrected chi connectivity index (χ4v) is 2.44. The van der Waals surface area contributed by atoms with Crippen LogP contribution in [0.4, 0.5) is 5.95 Å². The number of benzene rings is 1. The summed E-state index contributed by atoms with van der Waals surface area (Å²) < 4.78 is 7.11. The van der Waals surface area contributed by atoms with Gasteiger partial charge in [0.1, 0.15) is 5.75 Å². The molecule has 0 spiro atoms. The lowest BCUT2D eigenvalue weighted by Crippen LogP contribution is -1.98. The molecular formula is C14H13ClN4O. The van der Waals surface area contributed by atoms with Crippen molar-refractivity contribution in [3.8, 4) is 16.9 Å². The third kappa shape index (κ3) is 1.96. The minimum Gasteiger partial charge on any atom is -0.496 e. The van der Waals surface area contributed by atoms with Crippen LogP contribution in [0.1, 0.15) is 5.69 Å². The number of methoxy groups -OCH3 is 1. The third-order valence-electron chi connectivity index (χ3n) is 3.21. The van der Waals surface area contributed by atoms with E-state index in [1.165, 1.54) is 0 Å². The lowest BCUT2D eigenvalue weighted by atomic mass is 10.0. The standard InChI is InChI=1S/C14H13ClN4O/c1-8-10(4-6-13-17-14(16)18-19(8)13)11-7-9(15)3-5-12(11)20-2/h3-7H,1-2H3,(H2,16,18). The van der Waals surface area contributed by atoms with Gasteiger partial charge in [-0.15, -0.1) is 5.10 Å². The SMILES string of the molecule is COc1ccc(Cl)cc1-c1ccc2nc(N)nn2c1C. The van der Waals surface area contributed by atoms with E-state index in [2.05, 4.69) is 10.1 Å². The molecule has 0 amide bonds. The summed E-state index contributed by atoms with van der Waals surface area (Å²) in [7, 11) is 1.63. The van der Waals surface area contributed by atoms with Gasteiger partial charge in [0.25, 0.3) is 0 Å². The Labute approximate surface area is 121 Å². The first-order valence-electron chi connectivity index (χ1n) is 6.06. The number of fused-ring (bicyclic) bond motifs is 1. The molecule has 0 saturated carbocycles. The van der Waals surface area contributed by atoms with Gasteiger partial charge >= 0.3 is 0 Å². The number of hydrogen-bond donors (Lipinski definition) is 1. The molecule has 3 rings (SSSR count). The molecule has 2 heterocycles. The van der Waals surface area contributed by atoms with Crippen LogP contribution in [0.25, 0.3) is 16.8 Å². The van der Waals surface area contributed by atoms with E-state index in [9.17, 15) is 0 Å². The van der Waals surface area contributed by atoms with Crippen LogP contribution in [0.15, 0.2) is 30.3 Å². The maximum atomic E-state index is 6.09. The van der Waals surface area contributed by atoms with Crippen molar-refractivity contribution in [3.63, 3.8) is 0 Å². The third-order valence-corrected chi connectivity index (χ3v) is 3.44. The molecule has 0 aliphatic rings. The normalized spacial score (nSPS) is 10.9. The number of nitrogen functional groups attached to an aromatic ring is 1. The van der Waals surface area contributed by atoms with Gasteiger partial charge in [0.2, 0.25) is 5.95 Å². The minimum absolute atomic E-state index is 0.253. The van der Waals surface area contributed by atoms with E-state index in [4.69, 9.17) is 22.1 Å². The lowest BCUT2D eigenvalue weighted by molar-refractivity contribution is 0.416. The second-order valence-corrected chi connectivity index (χ2v) is 4.85. The topological polar surface area (TPSA) is 65.4 Å². The van der Waals surface area contributed by atoms with E-state index in [1.807, 2.05) is 31.2 Å². The highest BCUT2D eigenvalue weighted by atomic mass is 35.5. The van der Waals surface area contributed by atoms with Crippen molar-refractivity contribution >= 4 is 23.2 Å². The van der Waals surface area contributed by atoms with E-state index in [-0.39, 0.29) is 5.95 Å². The van der Waals surface area contributed by atoms with Gasteiger partial charge < -0.3 is 10.5 Å². The second-order valence-electron chi connectivity index (χ2n) is 4.42. The molecule has 5 nitrogen and oxygen atoms in total. The predicted molar refractivity (Wildman–Crippen MR) is 79.1 cm³/mol. The highest BCUT2D eigenvalue weighted by Crippen LogP contribution is 2.34. The number of anilines is 1. The first kappa shape index (κ1) is 12.7. The molecule has 0 atom stereocenters. The van der Waals surface area contributed by atoms with Gasteiger partial charge in [-0.1, -0.05) is 11.6 Å². The molecule has 2 N–H and O–H groups in total. The van der Waals surface area contributed by atoms with E-state index in [0.29, 0.717) is 10.7 Å². The zero-order valence-corrected chi connectivity index (χ0v) is 11.8. The molecule has 1 aromatic carbocycles. The molecule has 0 bridgehead atoms. The number of nitrogens with two attached hydrogens (primary N) is 1. The lowest BCUT2D eigenvalue weighted by Gasteiger charge is -2.12. The van der Waals surface area contributed by atoms with E-state index in [1.54, 1.807) is 17.7 Å². The molecule has 20 heavy (non-hydrogen) atoms. The van der Waals surface area contributed by atoms with Gasteiger partial charge in [-0.3, -0.25) is 0 Å². The van der Waals surface area contributed by atoms with Crippen LogP contribution in [-0.2, 0) is 0 Å². The Bertz CT molecular complexity index is 797. The predicted octanol–water partition coefficient (Wildman–Crippen LogP) is 2.95. The van der Waals surface area contributed by atoms with E-state index < -0.39 is 0 Å². The maximum absolute atomic E-state index is 6.09. The molecule has 0 radical (unpaired) electrons. The first-order valence-corrected chi connectivity index (χ1v) is 6.43. The molecule has 3 aromatic rings. The van der Waals surface area contributed by atoms with Crippen LogP contribution in [-0.4, -0.2) is 21.7 Å². The summed E-state index contributed by atoms with van der Waals surface area (Å²) in [6, 6.07) is 9.34. The smallest absolute Gasteiger partial charge is 0.240 e. The maximum Gasteiger partial charge on any atom is 0.240 e. The average molecular weight is 289 g/mol. The Hall–Kier alpha value is -2.27. The number of pyridine rings is 1. The van der Waals surface area contributed by atoms with E-state index in [0.717, 1.165) is 22.6 Å². The Kier molecular flexibility index (Phi) is 2.99. The highest BCUT2D eigenvalue weighted by molar-refractivity contribution is 6.31. The minimum atomic E-state index is 0.253. The van der Waals surface area contributed by atoms with Crippen molar-refractivity contribution in [1.82, 2.24) is 14.6 Å². The fourth-order valence-electron chi connectivity index (χ4n) is 2.26. The molecule has 0 fully saturated rings. The molecule has 6 heteroatoms. The van der Waals surface area contributed by atoms with Crippen LogP contribution in [0, 0.1) is 6.92 Å². The number of halogens is 1. The first-order chi connectivity index (χ1) is 9.60. The van der Waals surface area contributed by atoms with Crippen molar-refractivity contribution in [2.45, 2.75) is 6.92 Å². The summed E-state index contributed by atoms with van der Waals surface area (Å²) in [4.78, 5) is 4.14. The number of rotatable bonds is 2. The quantitative estimate of drug-likeness (QED) is 0.787. The molecular weight excluding hydrogens is 276 g/mol. The van der Waals surface area contributed by atoms with Gasteiger partial charge in [-0.05, 0) is 37.3 Å². The van der Waals surface area contributed by atoms with Crippen LogP contribution in [0.5, 0.6) is 5.75 Å². The summed E-state index contributed by atoms with van der Waals surface area (Å²) in [6.07, 6.45) is 0. The van der Waals surface area contributed by atoms with Crippen molar-refractivity contribution in [1.29, 1.82) is 0 Å². The number of aromatic nitrogens is 3. The van der Waals surface area contributed by atoms with Crippen LogP contribution < -0.4 is 10.5 Å². The number of aryl methyl sites for hydroxylation is 1. The Morgan fingerprint density at radius 2 is 2.00 bits per heavy atom. The number of ether oxygens (including phenoxy) is 1. The second kappa shape index (κ2) is 4.68. The Balaban J connectivity index is 2.29. The van der Waals surface area contributed by atoms with Crippen LogP contribution >= 0.6 is 11.6 Å². The summed E-state index contributed by atoms with van der Waals surface area (Å²) in [5.41, 5.74) is 9.16. The van der Waals surface area contributed by atoms with Crippen molar-refractivity contribution in [3.05, 3.63) is 41.0 Å². The van der Waals surface area contributed by atoms with Crippen LogP contribution in [0.3, 0.4) is 0 Å². The zero-order valence-electron chi connectivity index (χ0n) is 11.1. The van der Waals surface area contributed by atoms with Crippen LogP contribution in [0.2, 0.25) is 5.02 Å². The summed E-state index contributed by atoms with van der Waals surface area (Å²) in [5.74, 6) is 1.01. The highest BCUT2D eigenvalue weighted by Gasteiger charge is 2.13. The van der Waals surface area contributed by atoms with E-state index >= 15 is 0 Å². The largest absolute Gasteiger partial charge is 0.496 e. The van der Waals surface area contributed by atoms with Gasteiger partial charge in [0, 0.05) is 21.8 Å². The van der Waals surface area contributed by atoms with Crippen molar-refractivity contribution in [2.24, 2.45) is 0 Å². The fraction of sp³-hybridized carbons (Fsp3) is 0.143. The molecule has 0 aliphatic heterocycles. The summed E-state index contributed by atoms with van der Waals surface area (Å²) >= 11 is 6.09. The van der Waals surface area contributed by atoms with Gasteiger partial charge in [-0.2, -0.15) is 4.98 Å². The zero-order chi connectivity index (χ0) is 14.3. The van der Waals surface area contributed by atoms with Gasteiger partial charge in [-0.25, -0.2) is 4.52 Å². The molecule has 2 aromatic heterocycles.